The second-order valence-corrected chi connectivity index (χ2v) is 7.86. The van der Waals surface area contributed by atoms with E-state index in [2.05, 4.69) is 30.5 Å². The maximum absolute atomic E-state index is 12.8. The van der Waals surface area contributed by atoms with Crippen LogP contribution >= 0.6 is 0 Å². The van der Waals surface area contributed by atoms with Gasteiger partial charge in [0.1, 0.15) is 12.3 Å². The van der Waals surface area contributed by atoms with Crippen molar-refractivity contribution in [2.24, 2.45) is 0 Å². The van der Waals surface area contributed by atoms with Crippen molar-refractivity contribution in [3.8, 4) is 17.3 Å². The van der Waals surface area contributed by atoms with E-state index in [-0.39, 0.29) is 17.6 Å². The Kier molecular flexibility index (Phi) is 7.31. The van der Waals surface area contributed by atoms with Crippen molar-refractivity contribution in [1.82, 2.24) is 20.3 Å². The average Bonchev–Trinajstić information content (AvgIpc) is 2.86. The fourth-order valence-corrected chi connectivity index (χ4v) is 3.71. The largest absolute Gasteiger partial charge is 0.462 e. The third-order valence-electron chi connectivity index (χ3n) is 5.51. The highest BCUT2D eigenvalue weighted by molar-refractivity contribution is 6.04. The van der Waals surface area contributed by atoms with Gasteiger partial charge in [-0.15, -0.1) is 0 Å². The molecule has 1 amide bonds. The Bertz CT molecular complexity index is 1140. The van der Waals surface area contributed by atoms with Gasteiger partial charge in [-0.3, -0.25) is 9.59 Å². The Balaban J connectivity index is 1.47. The van der Waals surface area contributed by atoms with Crippen molar-refractivity contribution >= 4 is 17.3 Å². The molecule has 0 unspecified atom stereocenters. The molecule has 0 aliphatic carbocycles. The Hall–Kier alpha value is -3.72. The normalized spacial score (nSPS) is 13.5. The molecule has 1 fully saturated rings. The van der Waals surface area contributed by atoms with Gasteiger partial charge in [-0.2, -0.15) is 4.98 Å². The maximum Gasteiger partial charge on any atom is 0.316 e. The molecule has 172 valence electrons. The first kappa shape index (κ1) is 22.5. The van der Waals surface area contributed by atoms with E-state index in [1.54, 1.807) is 36.7 Å². The van der Waals surface area contributed by atoms with Crippen LogP contribution in [0.15, 0.2) is 53.6 Å². The van der Waals surface area contributed by atoms with Gasteiger partial charge >= 0.3 is 6.01 Å². The van der Waals surface area contributed by atoms with Crippen LogP contribution in [0.2, 0.25) is 0 Å². The van der Waals surface area contributed by atoms with Gasteiger partial charge in [0.25, 0.3) is 11.5 Å². The van der Waals surface area contributed by atoms with Gasteiger partial charge in [-0.25, -0.2) is 4.98 Å². The van der Waals surface area contributed by atoms with Crippen molar-refractivity contribution in [2.45, 2.75) is 19.3 Å². The number of nitrogens with zero attached hydrogens (tertiary/aromatic N) is 3. The van der Waals surface area contributed by atoms with Crippen molar-refractivity contribution in [1.29, 1.82) is 0 Å². The molecule has 2 aromatic heterocycles. The highest BCUT2D eigenvalue weighted by Gasteiger charge is 2.14. The minimum atomic E-state index is -0.392. The zero-order valence-corrected chi connectivity index (χ0v) is 18.6. The molecular formula is C24H28N6O3. The third kappa shape index (κ3) is 5.75. The van der Waals surface area contributed by atoms with Crippen LogP contribution in [-0.2, 0) is 0 Å². The SMILES string of the molecule is CNCCOc1nccc(-c2c[nH]c(=O)c(NC(=O)c3ccc(N4CCCCC4)cc3)c2)n1. The van der Waals surface area contributed by atoms with Crippen LogP contribution in [0.5, 0.6) is 6.01 Å². The Morgan fingerprint density at radius 1 is 1.15 bits per heavy atom. The lowest BCUT2D eigenvalue weighted by Crippen LogP contribution is -2.29. The molecule has 0 bridgehead atoms. The summed E-state index contributed by atoms with van der Waals surface area (Å²) in [5.41, 5.74) is 2.56. The molecule has 3 aromatic rings. The molecule has 0 saturated carbocycles. The molecule has 9 heteroatoms. The molecule has 1 aliphatic heterocycles. The van der Waals surface area contributed by atoms with E-state index < -0.39 is 5.56 Å². The fourth-order valence-electron chi connectivity index (χ4n) is 3.71. The maximum atomic E-state index is 12.8. The van der Waals surface area contributed by atoms with Crippen LogP contribution in [0.3, 0.4) is 0 Å². The Labute approximate surface area is 192 Å². The van der Waals surface area contributed by atoms with Crippen molar-refractivity contribution in [2.75, 3.05) is 43.5 Å². The lowest BCUT2D eigenvalue weighted by Gasteiger charge is -2.28. The summed E-state index contributed by atoms with van der Waals surface area (Å²) in [6.07, 6.45) is 6.79. The molecule has 9 nitrogen and oxygen atoms in total. The van der Waals surface area contributed by atoms with E-state index >= 15 is 0 Å². The van der Waals surface area contributed by atoms with Crippen LogP contribution in [0.4, 0.5) is 11.4 Å². The standard InChI is InChI=1S/C24H28N6O3/c1-25-11-14-33-24-26-10-9-20(29-24)18-15-21(23(32)27-16-18)28-22(31)17-5-7-19(8-6-17)30-12-3-2-4-13-30/h5-10,15-16,25H,2-4,11-14H2,1H3,(H,27,32)(H,28,31). The van der Waals surface area contributed by atoms with Gasteiger partial charge in [0, 0.05) is 48.8 Å². The molecule has 4 rings (SSSR count). The van der Waals surface area contributed by atoms with E-state index in [9.17, 15) is 9.59 Å². The van der Waals surface area contributed by atoms with Gasteiger partial charge in [0.15, 0.2) is 0 Å². The quantitative estimate of drug-likeness (QED) is 0.454. The first-order chi connectivity index (χ1) is 16.1. The number of carbonyl (C=O) groups excluding carboxylic acids is 1. The minimum Gasteiger partial charge on any atom is -0.462 e. The molecule has 33 heavy (non-hydrogen) atoms. The fraction of sp³-hybridized carbons (Fsp3) is 0.333. The van der Waals surface area contributed by atoms with Crippen LogP contribution in [0, 0.1) is 0 Å². The van der Waals surface area contributed by atoms with E-state index in [0.717, 1.165) is 18.8 Å². The number of ether oxygens (including phenoxy) is 1. The minimum absolute atomic E-state index is 0.147. The number of piperidine rings is 1. The number of rotatable bonds is 8. The number of pyridine rings is 1. The number of anilines is 2. The summed E-state index contributed by atoms with van der Waals surface area (Å²) in [5.74, 6) is -0.346. The summed E-state index contributed by atoms with van der Waals surface area (Å²) >= 11 is 0. The number of hydrogen-bond donors (Lipinski definition) is 3. The predicted octanol–water partition coefficient (Wildman–Crippen LogP) is 2.67. The van der Waals surface area contributed by atoms with Crippen LogP contribution < -0.4 is 25.8 Å². The zero-order chi connectivity index (χ0) is 23.0. The van der Waals surface area contributed by atoms with Gasteiger partial charge in [-0.05, 0) is 62.7 Å². The monoisotopic (exact) mass is 448 g/mol. The molecule has 0 atom stereocenters. The molecule has 3 N–H and O–H groups in total. The van der Waals surface area contributed by atoms with Gasteiger partial charge < -0.3 is 25.3 Å². The summed E-state index contributed by atoms with van der Waals surface area (Å²) in [6, 6.07) is 11.0. The summed E-state index contributed by atoms with van der Waals surface area (Å²) in [7, 11) is 1.83. The first-order valence-electron chi connectivity index (χ1n) is 11.1. The van der Waals surface area contributed by atoms with Crippen molar-refractivity contribution < 1.29 is 9.53 Å². The molecule has 0 spiro atoms. The lowest BCUT2D eigenvalue weighted by molar-refractivity contribution is 0.102. The number of likely N-dealkylation sites (N-methyl/N-ethyl adjacent to an activating group) is 1. The molecule has 3 heterocycles. The first-order valence-corrected chi connectivity index (χ1v) is 11.1. The lowest BCUT2D eigenvalue weighted by atomic mass is 10.1. The van der Waals surface area contributed by atoms with E-state index in [1.165, 1.54) is 19.3 Å². The number of carbonyl (C=O) groups is 1. The van der Waals surface area contributed by atoms with E-state index in [4.69, 9.17) is 4.74 Å². The summed E-state index contributed by atoms with van der Waals surface area (Å²) in [6.45, 7) is 3.18. The Morgan fingerprint density at radius 2 is 1.94 bits per heavy atom. The van der Waals surface area contributed by atoms with E-state index in [0.29, 0.717) is 30.0 Å². The number of hydrogen-bond acceptors (Lipinski definition) is 7. The topological polar surface area (TPSA) is 112 Å². The highest BCUT2D eigenvalue weighted by atomic mass is 16.5. The zero-order valence-electron chi connectivity index (χ0n) is 18.6. The summed E-state index contributed by atoms with van der Waals surface area (Å²) < 4.78 is 5.51. The number of aromatic nitrogens is 3. The van der Waals surface area contributed by atoms with Crippen LogP contribution in [0.1, 0.15) is 29.6 Å². The number of aromatic amines is 1. The van der Waals surface area contributed by atoms with Gasteiger partial charge in [0.05, 0.1) is 5.69 Å². The van der Waals surface area contributed by atoms with E-state index in [1.807, 2.05) is 19.2 Å². The summed E-state index contributed by atoms with van der Waals surface area (Å²) in [4.78, 5) is 38.6. The number of benzene rings is 1. The second kappa shape index (κ2) is 10.7. The van der Waals surface area contributed by atoms with Crippen LogP contribution in [-0.4, -0.2) is 54.1 Å². The number of H-pyrrole nitrogens is 1. The molecule has 0 radical (unpaired) electrons. The van der Waals surface area contributed by atoms with Crippen molar-refractivity contribution in [3.05, 3.63) is 64.7 Å². The molecular weight excluding hydrogens is 420 g/mol. The van der Waals surface area contributed by atoms with Gasteiger partial charge in [0.2, 0.25) is 0 Å². The summed E-state index contributed by atoms with van der Waals surface area (Å²) in [5, 5.41) is 5.70. The van der Waals surface area contributed by atoms with Crippen LogP contribution in [0.25, 0.3) is 11.3 Å². The molecule has 1 aliphatic rings. The smallest absolute Gasteiger partial charge is 0.316 e. The third-order valence-corrected chi connectivity index (χ3v) is 5.51. The van der Waals surface area contributed by atoms with Crippen molar-refractivity contribution in [3.63, 3.8) is 0 Å². The second-order valence-electron chi connectivity index (χ2n) is 7.86. The number of amides is 1. The Morgan fingerprint density at radius 3 is 2.70 bits per heavy atom. The predicted molar refractivity (Wildman–Crippen MR) is 128 cm³/mol. The van der Waals surface area contributed by atoms with Gasteiger partial charge in [-0.1, -0.05) is 0 Å². The molecule has 1 aromatic carbocycles. The highest BCUT2D eigenvalue weighted by Crippen LogP contribution is 2.22. The number of nitrogens with one attached hydrogen (secondary N) is 3. The molecule has 1 saturated heterocycles. The average molecular weight is 449 g/mol.